The molecule has 0 amide bonds. The predicted molar refractivity (Wildman–Crippen MR) is 86.6 cm³/mol. The number of aliphatic hydroxyl groups excluding tert-OH is 2. The molecule has 0 aromatic heterocycles. The minimum atomic E-state index is -1.05. The fourth-order valence-corrected chi connectivity index (χ4v) is 3.35. The van der Waals surface area contributed by atoms with E-state index >= 15 is 0 Å². The molecule has 0 spiro atoms. The van der Waals surface area contributed by atoms with Crippen molar-refractivity contribution in [1.82, 2.24) is 0 Å². The smallest absolute Gasteiger partial charge is 0.338 e. The van der Waals surface area contributed by atoms with Crippen LogP contribution >= 0.6 is 0 Å². The van der Waals surface area contributed by atoms with E-state index in [-0.39, 0.29) is 18.6 Å². The number of benzene rings is 1. The summed E-state index contributed by atoms with van der Waals surface area (Å²) in [4.78, 5) is 12.0. The normalized spacial score (nSPS) is 31.5. The van der Waals surface area contributed by atoms with Gasteiger partial charge in [0.25, 0.3) is 0 Å². The third-order valence-electron chi connectivity index (χ3n) is 4.48. The van der Waals surface area contributed by atoms with Gasteiger partial charge in [-0.15, -0.1) is 0 Å². The average Bonchev–Trinajstić information content (AvgIpc) is 3.07. The van der Waals surface area contributed by atoms with Crippen LogP contribution in [-0.4, -0.2) is 59.8 Å². The van der Waals surface area contributed by atoms with E-state index in [2.05, 4.69) is 0 Å². The van der Waals surface area contributed by atoms with E-state index in [4.69, 9.17) is 18.9 Å². The van der Waals surface area contributed by atoms with Crippen LogP contribution in [0.4, 0.5) is 0 Å². The Bertz CT molecular complexity index is 588. The highest BCUT2D eigenvalue weighted by Crippen LogP contribution is 2.43. The molecule has 0 aliphatic carbocycles. The molecule has 7 heteroatoms. The first-order valence-corrected chi connectivity index (χ1v) is 8.43. The van der Waals surface area contributed by atoms with Crippen LogP contribution in [0.3, 0.4) is 0 Å². The largest absolute Gasteiger partial charge is 0.462 e. The van der Waals surface area contributed by atoms with E-state index in [1.807, 2.05) is 6.07 Å². The van der Waals surface area contributed by atoms with Crippen LogP contribution in [0.1, 0.15) is 30.6 Å². The number of fused-ring (bicyclic) bond motifs is 1. The number of esters is 1. The molecule has 0 unspecified atom stereocenters. The monoisotopic (exact) mass is 352 g/mol. The first-order chi connectivity index (χ1) is 11.9. The van der Waals surface area contributed by atoms with Crippen molar-refractivity contribution in [3.05, 3.63) is 35.9 Å². The minimum absolute atomic E-state index is 0.156. The summed E-state index contributed by atoms with van der Waals surface area (Å²) < 4.78 is 22.6. The van der Waals surface area contributed by atoms with Crippen molar-refractivity contribution >= 4 is 5.97 Å². The zero-order valence-electron chi connectivity index (χ0n) is 14.3. The first-order valence-electron chi connectivity index (χ1n) is 8.43. The number of hydrogen-bond acceptors (Lipinski definition) is 7. The van der Waals surface area contributed by atoms with Gasteiger partial charge in [0, 0.05) is 5.92 Å². The number of hydrogen-bond donors (Lipinski definition) is 2. The third-order valence-corrected chi connectivity index (χ3v) is 4.48. The molecule has 0 bridgehead atoms. The Morgan fingerprint density at radius 1 is 1.28 bits per heavy atom. The summed E-state index contributed by atoms with van der Waals surface area (Å²) in [5.41, 5.74) is 0.483. The number of carbonyl (C=O) groups is 1. The lowest BCUT2D eigenvalue weighted by molar-refractivity contribution is -0.222. The van der Waals surface area contributed by atoms with E-state index < -0.39 is 36.9 Å². The Morgan fingerprint density at radius 2 is 2.00 bits per heavy atom. The van der Waals surface area contributed by atoms with Crippen molar-refractivity contribution in [3.63, 3.8) is 0 Å². The fourth-order valence-electron chi connectivity index (χ4n) is 3.35. The second-order valence-corrected chi connectivity index (χ2v) is 6.77. The van der Waals surface area contributed by atoms with Crippen molar-refractivity contribution < 1.29 is 34.0 Å². The molecule has 2 N–H and O–H groups in total. The van der Waals surface area contributed by atoms with Gasteiger partial charge in [0.1, 0.15) is 12.2 Å². The third kappa shape index (κ3) is 4.02. The molecule has 7 nitrogen and oxygen atoms in total. The van der Waals surface area contributed by atoms with Gasteiger partial charge in [-0.05, 0) is 32.4 Å². The summed E-state index contributed by atoms with van der Waals surface area (Å²) in [6.07, 6.45) is -2.23. The average molecular weight is 352 g/mol. The highest BCUT2D eigenvalue weighted by Gasteiger charge is 2.55. The second kappa shape index (κ2) is 7.39. The molecule has 2 fully saturated rings. The fraction of sp³-hybridized carbons (Fsp3) is 0.611. The van der Waals surface area contributed by atoms with Gasteiger partial charge in [-0.1, -0.05) is 18.2 Å². The van der Waals surface area contributed by atoms with E-state index in [1.165, 1.54) is 0 Å². The van der Waals surface area contributed by atoms with E-state index in [9.17, 15) is 15.0 Å². The maximum atomic E-state index is 12.0. The maximum Gasteiger partial charge on any atom is 0.338 e. The van der Waals surface area contributed by atoms with Crippen LogP contribution in [-0.2, 0) is 18.9 Å². The number of ether oxygens (including phenoxy) is 4. The number of aliphatic hydroxyl groups is 2. The highest BCUT2D eigenvalue weighted by atomic mass is 16.8. The van der Waals surface area contributed by atoms with Crippen molar-refractivity contribution in [1.29, 1.82) is 0 Å². The van der Waals surface area contributed by atoms with Crippen LogP contribution in [0.2, 0.25) is 0 Å². The molecule has 2 aliphatic rings. The van der Waals surface area contributed by atoms with Crippen LogP contribution in [0.5, 0.6) is 0 Å². The van der Waals surface area contributed by atoms with E-state index in [0.717, 1.165) is 0 Å². The van der Waals surface area contributed by atoms with Crippen molar-refractivity contribution in [3.8, 4) is 0 Å². The summed E-state index contributed by atoms with van der Waals surface area (Å²) in [6.45, 7) is 3.31. The van der Waals surface area contributed by atoms with Gasteiger partial charge in [0.05, 0.1) is 24.9 Å². The predicted octanol–water partition coefficient (Wildman–Crippen LogP) is 1.08. The van der Waals surface area contributed by atoms with E-state index in [1.54, 1.807) is 38.1 Å². The van der Waals surface area contributed by atoms with Gasteiger partial charge in [0.15, 0.2) is 12.1 Å². The van der Waals surface area contributed by atoms with Gasteiger partial charge in [0.2, 0.25) is 0 Å². The van der Waals surface area contributed by atoms with Crippen LogP contribution < -0.4 is 0 Å². The summed E-state index contributed by atoms with van der Waals surface area (Å²) in [5, 5.41) is 19.3. The minimum Gasteiger partial charge on any atom is -0.462 e. The Kier molecular flexibility index (Phi) is 5.41. The van der Waals surface area contributed by atoms with Crippen LogP contribution in [0.15, 0.2) is 30.3 Å². The van der Waals surface area contributed by atoms with Gasteiger partial charge < -0.3 is 29.2 Å². The SMILES string of the molecule is CC1(C)O[C@H]2O[C@H]([C@H](O)CO)[C@@H](CCOC(=O)c3ccccc3)[C@H]2O1. The Labute approximate surface area is 146 Å². The molecule has 5 atom stereocenters. The van der Waals surface area contributed by atoms with Gasteiger partial charge in [-0.2, -0.15) is 0 Å². The number of rotatable bonds is 6. The van der Waals surface area contributed by atoms with Crippen molar-refractivity contribution in [2.24, 2.45) is 5.92 Å². The molecule has 2 saturated heterocycles. The lowest BCUT2D eigenvalue weighted by atomic mass is 9.92. The summed E-state index contributed by atoms with van der Waals surface area (Å²) in [6, 6.07) is 8.74. The topological polar surface area (TPSA) is 94.5 Å². The Hall–Kier alpha value is -1.51. The Morgan fingerprint density at radius 3 is 2.68 bits per heavy atom. The molecule has 25 heavy (non-hydrogen) atoms. The lowest BCUT2D eigenvalue weighted by Crippen LogP contribution is -2.39. The maximum absolute atomic E-state index is 12.0. The molecule has 1 aromatic rings. The van der Waals surface area contributed by atoms with Crippen LogP contribution in [0, 0.1) is 5.92 Å². The van der Waals surface area contributed by atoms with Crippen molar-refractivity contribution in [2.45, 2.75) is 50.7 Å². The quantitative estimate of drug-likeness (QED) is 0.740. The summed E-state index contributed by atoms with van der Waals surface area (Å²) >= 11 is 0. The summed E-state index contributed by atoms with van der Waals surface area (Å²) in [7, 11) is 0. The lowest BCUT2D eigenvalue weighted by Gasteiger charge is -2.27. The molecule has 138 valence electrons. The van der Waals surface area contributed by atoms with Gasteiger partial charge in [-0.25, -0.2) is 4.79 Å². The van der Waals surface area contributed by atoms with Crippen LogP contribution in [0.25, 0.3) is 0 Å². The molecule has 3 rings (SSSR count). The zero-order chi connectivity index (χ0) is 18.0. The molecular formula is C18H24O7. The van der Waals surface area contributed by atoms with Gasteiger partial charge in [-0.3, -0.25) is 0 Å². The molecule has 2 aliphatic heterocycles. The number of carbonyl (C=O) groups excluding carboxylic acids is 1. The van der Waals surface area contributed by atoms with Gasteiger partial charge >= 0.3 is 5.97 Å². The molecule has 2 heterocycles. The standard InChI is InChI=1S/C18H24O7/c1-18(2)24-15-12(14(13(20)10-19)23-17(15)25-18)8-9-22-16(21)11-6-4-3-5-7-11/h3-7,12-15,17,19-20H,8-10H2,1-2H3/t12-,13-,14+,15-,17-/m1/s1. The summed E-state index contributed by atoms with van der Waals surface area (Å²) in [5.74, 6) is -1.43. The molecule has 0 saturated carbocycles. The zero-order valence-corrected chi connectivity index (χ0v) is 14.3. The highest BCUT2D eigenvalue weighted by molar-refractivity contribution is 5.89. The first kappa shape index (κ1) is 18.3. The second-order valence-electron chi connectivity index (χ2n) is 6.77. The molecular weight excluding hydrogens is 328 g/mol. The molecule has 1 aromatic carbocycles. The van der Waals surface area contributed by atoms with E-state index in [0.29, 0.717) is 12.0 Å². The van der Waals surface area contributed by atoms with Crippen molar-refractivity contribution in [2.75, 3.05) is 13.2 Å². The molecule has 0 radical (unpaired) electrons. The Balaban J connectivity index is 1.60.